The SMILES string of the molecule is CC(C)Cc1cc2cccc3c4cccc5cccc(c(c1CC(C)C)c23)c54. The lowest BCUT2D eigenvalue weighted by atomic mass is 9.82. The van der Waals surface area contributed by atoms with Gasteiger partial charge in [-0.1, -0.05) is 88.4 Å². The van der Waals surface area contributed by atoms with Crippen LogP contribution in [0.3, 0.4) is 0 Å². The van der Waals surface area contributed by atoms with Crippen molar-refractivity contribution in [3.05, 3.63) is 71.8 Å². The maximum atomic E-state index is 2.48. The van der Waals surface area contributed by atoms with Crippen molar-refractivity contribution in [3.8, 4) is 0 Å². The molecule has 0 radical (unpaired) electrons. The fraction of sp³-hybridized carbons (Fsp3) is 0.286. The van der Waals surface area contributed by atoms with Gasteiger partial charge < -0.3 is 0 Å². The first-order valence-corrected chi connectivity index (χ1v) is 10.6. The van der Waals surface area contributed by atoms with Crippen LogP contribution in [0.2, 0.25) is 0 Å². The van der Waals surface area contributed by atoms with Gasteiger partial charge in [0.2, 0.25) is 0 Å². The van der Waals surface area contributed by atoms with Crippen LogP contribution in [0.4, 0.5) is 0 Å². The van der Waals surface area contributed by atoms with E-state index in [0.29, 0.717) is 11.8 Å². The third-order valence-electron chi connectivity index (χ3n) is 6.07. The van der Waals surface area contributed by atoms with Gasteiger partial charge in [-0.3, -0.25) is 0 Å². The van der Waals surface area contributed by atoms with E-state index < -0.39 is 0 Å². The summed E-state index contributed by atoms with van der Waals surface area (Å²) < 4.78 is 0. The third-order valence-corrected chi connectivity index (χ3v) is 6.07. The summed E-state index contributed by atoms with van der Waals surface area (Å²) in [4.78, 5) is 0. The van der Waals surface area contributed by atoms with Gasteiger partial charge in [0.15, 0.2) is 0 Å². The molecule has 0 spiro atoms. The highest BCUT2D eigenvalue weighted by Crippen LogP contribution is 2.43. The quantitative estimate of drug-likeness (QED) is 0.223. The molecule has 0 aliphatic carbocycles. The van der Waals surface area contributed by atoms with E-state index in [4.69, 9.17) is 0 Å². The summed E-state index contributed by atoms with van der Waals surface area (Å²) in [5, 5.41) is 11.3. The van der Waals surface area contributed by atoms with Crippen LogP contribution in [0.15, 0.2) is 60.7 Å². The maximum absolute atomic E-state index is 2.48. The van der Waals surface area contributed by atoms with E-state index in [0.717, 1.165) is 12.8 Å². The highest BCUT2D eigenvalue weighted by atomic mass is 14.2. The topological polar surface area (TPSA) is 0 Å². The minimum atomic E-state index is 0.642. The normalized spacial score (nSPS) is 12.5. The summed E-state index contributed by atoms with van der Waals surface area (Å²) >= 11 is 0. The van der Waals surface area contributed by atoms with Crippen LogP contribution >= 0.6 is 0 Å². The van der Waals surface area contributed by atoms with Crippen molar-refractivity contribution in [2.75, 3.05) is 0 Å². The summed E-state index contributed by atoms with van der Waals surface area (Å²) in [6.07, 6.45) is 2.28. The Morgan fingerprint density at radius 1 is 0.571 bits per heavy atom. The van der Waals surface area contributed by atoms with Gasteiger partial charge in [-0.05, 0) is 78.9 Å². The molecule has 0 fully saturated rings. The molecule has 0 bridgehead atoms. The number of hydrogen-bond acceptors (Lipinski definition) is 0. The highest BCUT2D eigenvalue weighted by Gasteiger charge is 2.19. The van der Waals surface area contributed by atoms with E-state index in [1.807, 2.05) is 0 Å². The molecule has 140 valence electrons. The van der Waals surface area contributed by atoms with Gasteiger partial charge in [-0.2, -0.15) is 0 Å². The zero-order valence-electron chi connectivity index (χ0n) is 17.3. The second-order valence-electron chi connectivity index (χ2n) is 9.20. The first-order chi connectivity index (χ1) is 13.5. The van der Waals surface area contributed by atoms with Crippen molar-refractivity contribution in [1.82, 2.24) is 0 Å². The lowest BCUT2D eigenvalue weighted by molar-refractivity contribution is 0.619. The van der Waals surface area contributed by atoms with Crippen LogP contribution in [-0.4, -0.2) is 0 Å². The number of fused-ring (bicyclic) bond motifs is 2. The molecule has 5 aromatic carbocycles. The summed E-state index contributed by atoms with van der Waals surface area (Å²) in [7, 11) is 0. The van der Waals surface area contributed by atoms with Crippen LogP contribution < -0.4 is 0 Å². The Morgan fingerprint density at radius 2 is 1.14 bits per heavy atom. The van der Waals surface area contributed by atoms with Crippen molar-refractivity contribution in [3.63, 3.8) is 0 Å². The van der Waals surface area contributed by atoms with Crippen molar-refractivity contribution < 1.29 is 0 Å². The van der Waals surface area contributed by atoms with E-state index in [2.05, 4.69) is 88.4 Å². The van der Waals surface area contributed by atoms with Crippen molar-refractivity contribution in [2.24, 2.45) is 11.8 Å². The Bertz CT molecular complexity index is 1300. The lowest BCUT2D eigenvalue weighted by Crippen LogP contribution is -2.05. The van der Waals surface area contributed by atoms with Crippen LogP contribution in [0.5, 0.6) is 0 Å². The zero-order chi connectivity index (χ0) is 19.4. The summed E-state index contributed by atoms with van der Waals surface area (Å²) in [6.45, 7) is 9.36. The lowest BCUT2D eigenvalue weighted by Gasteiger charge is -2.22. The maximum Gasteiger partial charge on any atom is -0.00234 e. The number of benzene rings is 5. The Morgan fingerprint density at radius 3 is 1.79 bits per heavy atom. The monoisotopic (exact) mass is 364 g/mol. The molecule has 5 rings (SSSR count). The van der Waals surface area contributed by atoms with Gasteiger partial charge in [0.05, 0.1) is 0 Å². The van der Waals surface area contributed by atoms with E-state index >= 15 is 0 Å². The molecule has 0 nitrogen and oxygen atoms in total. The molecule has 0 heterocycles. The summed E-state index contributed by atoms with van der Waals surface area (Å²) in [5.74, 6) is 1.30. The minimum absolute atomic E-state index is 0.642. The second kappa shape index (κ2) is 6.48. The molecule has 0 unspecified atom stereocenters. The zero-order valence-corrected chi connectivity index (χ0v) is 17.3. The summed E-state index contributed by atoms with van der Waals surface area (Å²) in [6, 6.07) is 22.9. The molecule has 0 aromatic heterocycles. The van der Waals surface area contributed by atoms with E-state index in [9.17, 15) is 0 Å². The Balaban J connectivity index is 2.08. The van der Waals surface area contributed by atoms with Gasteiger partial charge in [0, 0.05) is 0 Å². The molecule has 0 heteroatoms. The molecule has 0 saturated heterocycles. The fourth-order valence-corrected chi connectivity index (χ4v) is 5.11. The average Bonchev–Trinajstić information content (AvgIpc) is 2.66. The van der Waals surface area contributed by atoms with Crippen LogP contribution in [0.1, 0.15) is 38.8 Å². The molecule has 0 aliphatic heterocycles. The van der Waals surface area contributed by atoms with Gasteiger partial charge in [-0.25, -0.2) is 0 Å². The van der Waals surface area contributed by atoms with Gasteiger partial charge in [0.1, 0.15) is 0 Å². The molecule has 28 heavy (non-hydrogen) atoms. The molecular formula is C28H28. The highest BCUT2D eigenvalue weighted by molar-refractivity contribution is 6.33. The van der Waals surface area contributed by atoms with Gasteiger partial charge in [-0.15, -0.1) is 0 Å². The average molecular weight is 365 g/mol. The Hall–Kier alpha value is -2.60. The number of rotatable bonds is 4. The van der Waals surface area contributed by atoms with Gasteiger partial charge in [0.25, 0.3) is 0 Å². The van der Waals surface area contributed by atoms with Crippen molar-refractivity contribution >= 4 is 43.1 Å². The standard InChI is InChI=1S/C28H28/c1-17(2)14-21-16-20-10-7-12-23-22-11-5-8-19-9-6-13-24(26(19)22)28(27(20)23)25(21)15-18(3)4/h5-13,16-18H,14-15H2,1-4H3. The molecule has 0 saturated carbocycles. The Kier molecular flexibility index (Phi) is 4.05. The van der Waals surface area contributed by atoms with E-state index in [1.165, 1.54) is 43.1 Å². The predicted molar refractivity (Wildman–Crippen MR) is 125 cm³/mol. The van der Waals surface area contributed by atoms with Crippen molar-refractivity contribution in [2.45, 2.75) is 40.5 Å². The van der Waals surface area contributed by atoms with E-state index in [1.54, 1.807) is 11.1 Å². The third kappa shape index (κ3) is 2.58. The van der Waals surface area contributed by atoms with Gasteiger partial charge >= 0.3 is 0 Å². The van der Waals surface area contributed by atoms with E-state index in [-0.39, 0.29) is 0 Å². The molecule has 0 aliphatic rings. The predicted octanol–water partition coefficient (Wildman–Crippen LogP) is 8.13. The number of hydrogen-bond donors (Lipinski definition) is 0. The second-order valence-corrected chi connectivity index (χ2v) is 9.20. The molecule has 0 N–H and O–H groups in total. The van der Waals surface area contributed by atoms with Crippen LogP contribution in [-0.2, 0) is 12.8 Å². The van der Waals surface area contributed by atoms with Crippen LogP contribution in [0, 0.1) is 11.8 Å². The minimum Gasteiger partial charge on any atom is -0.0625 e. The Labute approximate surface area is 167 Å². The fourth-order valence-electron chi connectivity index (χ4n) is 5.11. The first-order valence-electron chi connectivity index (χ1n) is 10.6. The smallest absolute Gasteiger partial charge is 0.00234 e. The molecule has 0 atom stereocenters. The molecule has 5 aromatic rings. The molecule has 0 amide bonds. The van der Waals surface area contributed by atoms with Crippen molar-refractivity contribution in [1.29, 1.82) is 0 Å². The summed E-state index contributed by atoms with van der Waals surface area (Å²) in [5.41, 5.74) is 3.12. The van der Waals surface area contributed by atoms with Crippen LogP contribution in [0.25, 0.3) is 43.1 Å². The molecular weight excluding hydrogens is 336 g/mol. The largest absolute Gasteiger partial charge is 0.0625 e. The first kappa shape index (κ1) is 17.5.